The molecule has 1 saturated heterocycles. The molecule has 0 radical (unpaired) electrons. The number of carbonyl (C=O) groups excluding carboxylic acids is 2. The van der Waals surface area contributed by atoms with E-state index in [0.717, 1.165) is 12.1 Å². The van der Waals surface area contributed by atoms with E-state index in [4.69, 9.17) is 11.6 Å². The molecule has 1 aromatic carbocycles. The van der Waals surface area contributed by atoms with Crippen molar-refractivity contribution in [3.63, 3.8) is 0 Å². The fourth-order valence-electron chi connectivity index (χ4n) is 2.32. The quantitative estimate of drug-likeness (QED) is 0.879. The summed E-state index contributed by atoms with van der Waals surface area (Å²) in [5.74, 6) is -0.278. The zero-order valence-electron chi connectivity index (χ0n) is 11.8. The van der Waals surface area contributed by atoms with Gasteiger partial charge in [0.25, 0.3) is 0 Å². The van der Waals surface area contributed by atoms with E-state index in [9.17, 15) is 9.59 Å². The second-order valence-electron chi connectivity index (χ2n) is 4.77. The molecule has 0 aromatic heterocycles. The van der Waals surface area contributed by atoms with Crippen LogP contribution in [0.5, 0.6) is 0 Å². The number of nitrogens with one attached hydrogen (secondary N) is 2. The maximum Gasteiger partial charge on any atom is 0.242 e. The van der Waals surface area contributed by atoms with Crippen LogP contribution >= 0.6 is 24.0 Å². The van der Waals surface area contributed by atoms with Gasteiger partial charge in [0.2, 0.25) is 11.8 Å². The third-order valence-electron chi connectivity index (χ3n) is 3.29. The Balaban J connectivity index is 0.00000220. The van der Waals surface area contributed by atoms with Crippen molar-refractivity contribution in [1.29, 1.82) is 0 Å². The van der Waals surface area contributed by atoms with Crippen LogP contribution in [-0.4, -0.2) is 42.9 Å². The number of hydrogen-bond acceptors (Lipinski definition) is 3. The van der Waals surface area contributed by atoms with Crippen molar-refractivity contribution in [2.75, 3.05) is 26.2 Å². The van der Waals surface area contributed by atoms with Gasteiger partial charge in [-0.1, -0.05) is 23.7 Å². The fourth-order valence-corrected chi connectivity index (χ4v) is 2.51. The third-order valence-corrected chi connectivity index (χ3v) is 3.52. The molecule has 1 atom stereocenters. The van der Waals surface area contributed by atoms with E-state index >= 15 is 0 Å². The molecule has 7 heteroatoms. The number of amides is 2. The summed E-state index contributed by atoms with van der Waals surface area (Å²) in [6.45, 7) is 3.50. The standard InChI is InChI=1S/C14H18ClN3O2.ClH/c1-10(19)17-9-14(20)18-6-5-16-8-13(18)11-3-2-4-12(15)7-11;/h2-4,7,13,16H,5-6,8-9H2,1H3,(H,17,19);1H. The van der Waals surface area contributed by atoms with Crippen LogP contribution in [0.15, 0.2) is 24.3 Å². The minimum absolute atomic E-state index is 0. The van der Waals surface area contributed by atoms with Crippen LogP contribution in [0.2, 0.25) is 5.02 Å². The molecule has 1 heterocycles. The Bertz CT molecular complexity index is 511. The summed E-state index contributed by atoms with van der Waals surface area (Å²) in [5.41, 5.74) is 1.00. The summed E-state index contributed by atoms with van der Waals surface area (Å²) >= 11 is 6.01. The molecule has 1 aliphatic rings. The molecule has 5 nitrogen and oxygen atoms in total. The monoisotopic (exact) mass is 331 g/mol. The molecule has 2 N–H and O–H groups in total. The van der Waals surface area contributed by atoms with Crippen LogP contribution in [0.25, 0.3) is 0 Å². The Hall–Kier alpha value is -1.30. The maximum atomic E-state index is 12.2. The zero-order valence-corrected chi connectivity index (χ0v) is 13.3. The van der Waals surface area contributed by atoms with Crippen LogP contribution in [0, 0.1) is 0 Å². The van der Waals surface area contributed by atoms with Crippen molar-refractivity contribution in [3.05, 3.63) is 34.9 Å². The third kappa shape index (κ3) is 4.88. The van der Waals surface area contributed by atoms with Crippen molar-refractivity contribution < 1.29 is 9.59 Å². The van der Waals surface area contributed by atoms with Gasteiger partial charge in [0.15, 0.2) is 0 Å². The lowest BCUT2D eigenvalue weighted by Crippen LogP contribution is -2.51. The number of hydrogen-bond donors (Lipinski definition) is 2. The van der Waals surface area contributed by atoms with Gasteiger partial charge in [-0.15, -0.1) is 12.4 Å². The highest BCUT2D eigenvalue weighted by Gasteiger charge is 2.27. The highest BCUT2D eigenvalue weighted by Crippen LogP contribution is 2.24. The van der Waals surface area contributed by atoms with Gasteiger partial charge < -0.3 is 15.5 Å². The lowest BCUT2D eigenvalue weighted by atomic mass is 10.0. The van der Waals surface area contributed by atoms with Gasteiger partial charge in [0.05, 0.1) is 12.6 Å². The molecule has 0 aliphatic carbocycles. The van der Waals surface area contributed by atoms with Gasteiger partial charge in [-0.05, 0) is 17.7 Å². The average Bonchev–Trinajstić information content (AvgIpc) is 2.44. The van der Waals surface area contributed by atoms with E-state index in [0.29, 0.717) is 18.1 Å². The molecule has 1 aromatic rings. The predicted molar refractivity (Wildman–Crippen MR) is 84.7 cm³/mol. The predicted octanol–water partition coefficient (Wildman–Crippen LogP) is 1.37. The Kier molecular flexibility index (Phi) is 6.95. The van der Waals surface area contributed by atoms with Crippen molar-refractivity contribution in [3.8, 4) is 0 Å². The van der Waals surface area contributed by atoms with Gasteiger partial charge in [0.1, 0.15) is 0 Å². The van der Waals surface area contributed by atoms with Gasteiger partial charge in [-0.25, -0.2) is 0 Å². The first-order valence-corrected chi connectivity index (χ1v) is 6.96. The number of rotatable bonds is 3. The molecule has 1 aliphatic heterocycles. The average molecular weight is 332 g/mol. The van der Waals surface area contributed by atoms with Crippen LogP contribution < -0.4 is 10.6 Å². The van der Waals surface area contributed by atoms with Gasteiger partial charge in [0, 0.05) is 31.6 Å². The highest BCUT2D eigenvalue weighted by atomic mass is 35.5. The molecule has 2 amide bonds. The van der Waals surface area contributed by atoms with Gasteiger partial charge >= 0.3 is 0 Å². The van der Waals surface area contributed by atoms with Crippen LogP contribution in [0.4, 0.5) is 0 Å². The molecule has 0 saturated carbocycles. The van der Waals surface area contributed by atoms with E-state index in [-0.39, 0.29) is 36.8 Å². The fraction of sp³-hybridized carbons (Fsp3) is 0.429. The van der Waals surface area contributed by atoms with Crippen molar-refractivity contribution in [2.45, 2.75) is 13.0 Å². The van der Waals surface area contributed by atoms with Crippen molar-refractivity contribution in [2.24, 2.45) is 0 Å². The maximum absolute atomic E-state index is 12.2. The second kappa shape index (κ2) is 8.22. The van der Waals surface area contributed by atoms with Crippen LogP contribution in [0.3, 0.4) is 0 Å². The van der Waals surface area contributed by atoms with Gasteiger partial charge in [-0.2, -0.15) is 0 Å². The molecule has 1 unspecified atom stereocenters. The lowest BCUT2D eigenvalue weighted by Gasteiger charge is -2.36. The molecule has 116 valence electrons. The Labute approximate surface area is 135 Å². The first-order valence-electron chi connectivity index (χ1n) is 6.58. The SMILES string of the molecule is CC(=O)NCC(=O)N1CCNCC1c1cccc(Cl)c1.Cl. The van der Waals surface area contributed by atoms with Crippen molar-refractivity contribution >= 4 is 35.8 Å². The summed E-state index contributed by atoms with van der Waals surface area (Å²) in [5, 5.41) is 6.48. The summed E-state index contributed by atoms with van der Waals surface area (Å²) < 4.78 is 0. The molecule has 0 bridgehead atoms. The smallest absolute Gasteiger partial charge is 0.242 e. The number of halogens is 2. The first-order chi connectivity index (χ1) is 9.58. The van der Waals surface area contributed by atoms with E-state index < -0.39 is 0 Å². The molecule has 21 heavy (non-hydrogen) atoms. The van der Waals surface area contributed by atoms with Crippen molar-refractivity contribution in [1.82, 2.24) is 15.5 Å². The Morgan fingerprint density at radius 2 is 2.24 bits per heavy atom. The molecular weight excluding hydrogens is 313 g/mol. The highest BCUT2D eigenvalue weighted by molar-refractivity contribution is 6.30. The number of piperazine rings is 1. The topological polar surface area (TPSA) is 61.4 Å². The molecule has 0 spiro atoms. The van der Waals surface area contributed by atoms with Crippen LogP contribution in [0.1, 0.15) is 18.5 Å². The normalized spacial score (nSPS) is 17.8. The largest absolute Gasteiger partial charge is 0.347 e. The molecule has 1 fully saturated rings. The van der Waals surface area contributed by atoms with Crippen LogP contribution in [-0.2, 0) is 9.59 Å². The minimum atomic E-state index is -0.201. The number of carbonyl (C=O) groups is 2. The van der Waals surface area contributed by atoms with E-state index in [2.05, 4.69) is 10.6 Å². The Morgan fingerprint density at radius 1 is 1.48 bits per heavy atom. The Morgan fingerprint density at radius 3 is 2.90 bits per heavy atom. The first kappa shape index (κ1) is 17.8. The molecular formula is C14H19Cl2N3O2. The second-order valence-corrected chi connectivity index (χ2v) is 5.21. The number of benzene rings is 1. The zero-order chi connectivity index (χ0) is 14.5. The molecule has 2 rings (SSSR count). The summed E-state index contributed by atoms with van der Waals surface area (Å²) in [7, 11) is 0. The lowest BCUT2D eigenvalue weighted by molar-refractivity contribution is -0.135. The summed E-state index contributed by atoms with van der Waals surface area (Å²) in [6, 6.07) is 7.47. The summed E-state index contributed by atoms with van der Waals surface area (Å²) in [6.07, 6.45) is 0. The van der Waals surface area contributed by atoms with E-state index in [1.54, 1.807) is 4.90 Å². The summed E-state index contributed by atoms with van der Waals surface area (Å²) in [4.78, 5) is 24.9. The number of nitrogens with zero attached hydrogens (tertiary/aromatic N) is 1. The van der Waals surface area contributed by atoms with E-state index in [1.807, 2.05) is 24.3 Å². The van der Waals surface area contributed by atoms with Gasteiger partial charge in [-0.3, -0.25) is 9.59 Å². The minimum Gasteiger partial charge on any atom is -0.347 e. The van der Waals surface area contributed by atoms with E-state index in [1.165, 1.54) is 6.92 Å².